The van der Waals surface area contributed by atoms with E-state index in [2.05, 4.69) is 27.8 Å². The summed E-state index contributed by atoms with van der Waals surface area (Å²) < 4.78 is 0.747. The second-order valence-corrected chi connectivity index (χ2v) is 4.08. The van der Waals surface area contributed by atoms with Crippen LogP contribution < -0.4 is 5.32 Å². The molecule has 1 rings (SSSR count). The largest absolute Gasteiger partial charge is 0.478 e. The Bertz CT molecular complexity index is 390. The van der Waals surface area contributed by atoms with Crippen LogP contribution in [0.25, 0.3) is 0 Å². The van der Waals surface area contributed by atoms with Gasteiger partial charge in [-0.2, -0.15) is 0 Å². The summed E-state index contributed by atoms with van der Waals surface area (Å²) in [6.45, 7) is 5.53. The Kier molecular flexibility index (Phi) is 3.91. The van der Waals surface area contributed by atoms with Gasteiger partial charge in [0.25, 0.3) is 0 Å². The van der Waals surface area contributed by atoms with E-state index in [1.54, 1.807) is 24.3 Å². The van der Waals surface area contributed by atoms with Crippen molar-refractivity contribution in [2.24, 2.45) is 0 Å². The minimum Gasteiger partial charge on any atom is -0.478 e. The number of aromatic carboxylic acids is 1. The smallest absolute Gasteiger partial charge is 0.337 e. The van der Waals surface area contributed by atoms with Gasteiger partial charge in [-0.3, -0.25) is 0 Å². The molecule has 3 nitrogen and oxygen atoms in total. The van der Waals surface area contributed by atoms with Crippen LogP contribution in [0.15, 0.2) is 35.3 Å². The Morgan fingerprint density at radius 3 is 2.87 bits per heavy atom. The van der Waals surface area contributed by atoms with Gasteiger partial charge in [-0.1, -0.05) is 22.0 Å². The second kappa shape index (κ2) is 4.98. The Hall–Kier alpha value is -1.29. The van der Waals surface area contributed by atoms with Crippen molar-refractivity contribution >= 4 is 27.6 Å². The molecule has 15 heavy (non-hydrogen) atoms. The minimum absolute atomic E-state index is 0.0317. The van der Waals surface area contributed by atoms with Crippen LogP contribution in [0.4, 0.5) is 5.69 Å². The Morgan fingerprint density at radius 2 is 2.33 bits per heavy atom. The average molecular weight is 270 g/mol. The van der Waals surface area contributed by atoms with Gasteiger partial charge in [-0.25, -0.2) is 4.79 Å². The lowest BCUT2D eigenvalue weighted by Crippen LogP contribution is -2.14. The van der Waals surface area contributed by atoms with Gasteiger partial charge >= 0.3 is 5.97 Å². The van der Waals surface area contributed by atoms with Crippen LogP contribution in [0, 0.1) is 0 Å². The van der Waals surface area contributed by atoms with Crippen LogP contribution in [-0.4, -0.2) is 17.1 Å². The Labute approximate surface area is 96.9 Å². The first-order valence-electron chi connectivity index (χ1n) is 4.46. The van der Waals surface area contributed by atoms with Crippen molar-refractivity contribution in [1.29, 1.82) is 0 Å². The number of carboxylic acids is 1. The van der Waals surface area contributed by atoms with Crippen LogP contribution >= 0.6 is 15.9 Å². The molecular formula is C11H12BrNO2. The summed E-state index contributed by atoms with van der Waals surface area (Å²) in [7, 11) is 0. The van der Waals surface area contributed by atoms with E-state index in [-0.39, 0.29) is 11.6 Å². The van der Waals surface area contributed by atoms with E-state index in [0.717, 1.165) is 4.47 Å². The third-order valence-electron chi connectivity index (χ3n) is 1.95. The van der Waals surface area contributed by atoms with Gasteiger partial charge in [0.15, 0.2) is 0 Å². The minimum atomic E-state index is -0.949. The summed E-state index contributed by atoms with van der Waals surface area (Å²) in [5.41, 5.74) is 0.844. The number of carboxylic acid groups (broad SMARTS) is 1. The lowest BCUT2D eigenvalue weighted by atomic mass is 10.1. The van der Waals surface area contributed by atoms with Crippen LogP contribution in [0.1, 0.15) is 17.3 Å². The highest BCUT2D eigenvalue weighted by Crippen LogP contribution is 2.21. The highest BCUT2D eigenvalue weighted by atomic mass is 79.9. The molecule has 0 aromatic heterocycles. The van der Waals surface area contributed by atoms with E-state index >= 15 is 0 Å². The summed E-state index contributed by atoms with van der Waals surface area (Å²) in [5.74, 6) is -0.949. The molecule has 0 saturated carbocycles. The topological polar surface area (TPSA) is 49.3 Å². The summed E-state index contributed by atoms with van der Waals surface area (Å²) in [6.07, 6.45) is 1.72. The van der Waals surface area contributed by atoms with Gasteiger partial charge in [-0.15, -0.1) is 6.58 Å². The molecule has 0 aliphatic heterocycles. The molecular weight excluding hydrogens is 258 g/mol. The first-order valence-corrected chi connectivity index (χ1v) is 5.26. The predicted octanol–water partition coefficient (Wildman–Crippen LogP) is 3.13. The molecule has 0 amide bonds. The summed E-state index contributed by atoms with van der Waals surface area (Å²) in [4.78, 5) is 11.0. The first-order chi connectivity index (χ1) is 7.04. The third kappa shape index (κ3) is 3.09. The van der Waals surface area contributed by atoms with Crippen molar-refractivity contribution in [1.82, 2.24) is 0 Å². The van der Waals surface area contributed by atoms with Crippen molar-refractivity contribution in [3.63, 3.8) is 0 Å². The van der Waals surface area contributed by atoms with Crippen LogP contribution in [-0.2, 0) is 0 Å². The van der Waals surface area contributed by atoms with Crippen molar-refractivity contribution in [3.8, 4) is 0 Å². The van der Waals surface area contributed by atoms with Crippen molar-refractivity contribution in [2.75, 3.05) is 5.32 Å². The monoisotopic (exact) mass is 269 g/mol. The zero-order valence-electron chi connectivity index (χ0n) is 8.33. The molecule has 0 fully saturated rings. The van der Waals surface area contributed by atoms with Crippen LogP contribution in [0.5, 0.6) is 0 Å². The van der Waals surface area contributed by atoms with E-state index in [0.29, 0.717) is 5.69 Å². The fourth-order valence-electron chi connectivity index (χ4n) is 1.12. The molecule has 0 heterocycles. The van der Waals surface area contributed by atoms with Crippen molar-refractivity contribution in [3.05, 3.63) is 40.9 Å². The van der Waals surface area contributed by atoms with Gasteiger partial charge in [0, 0.05) is 16.2 Å². The number of hydrogen-bond donors (Lipinski definition) is 2. The molecule has 1 aromatic rings. The maximum atomic E-state index is 11.0. The quantitative estimate of drug-likeness (QED) is 0.826. The molecule has 1 unspecified atom stereocenters. The van der Waals surface area contributed by atoms with Gasteiger partial charge in [0.2, 0.25) is 0 Å². The molecule has 4 heteroatoms. The molecule has 80 valence electrons. The van der Waals surface area contributed by atoms with E-state index in [9.17, 15) is 4.79 Å². The lowest BCUT2D eigenvalue weighted by Gasteiger charge is -2.13. The predicted molar refractivity (Wildman–Crippen MR) is 64.4 cm³/mol. The number of rotatable bonds is 4. The normalized spacial score (nSPS) is 11.9. The van der Waals surface area contributed by atoms with E-state index in [1.165, 1.54) is 0 Å². The third-order valence-corrected chi connectivity index (χ3v) is 2.44. The van der Waals surface area contributed by atoms with Gasteiger partial charge in [-0.05, 0) is 25.1 Å². The van der Waals surface area contributed by atoms with Gasteiger partial charge < -0.3 is 10.4 Å². The van der Waals surface area contributed by atoms with Gasteiger partial charge in [0.1, 0.15) is 0 Å². The molecule has 0 bridgehead atoms. The average Bonchev–Trinajstić information content (AvgIpc) is 2.20. The molecule has 2 N–H and O–H groups in total. The fourth-order valence-corrected chi connectivity index (χ4v) is 1.48. The maximum Gasteiger partial charge on any atom is 0.337 e. The summed E-state index contributed by atoms with van der Waals surface area (Å²) >= 11 is 3.24. The standard InChI is InChI=1S/C11H12BrNO2/c1-3-7(2)13-10-5-4-8(12)6-9(10)11(14)15/h3-7,13H,1H2,2H3,(H,14,15). The number of benzene rings is 1. The van der Waals surface area contributed by atoms with Crippen LogP contribution in [0.3, 0.4) is 0 Å². The number of halogens is 1. The molecule has 0 aliphatic carbocycles. The number of anilines is 1. The SMILES string of the molecule is C=CC(C)Nc1ccc(Br)cc1C(=O)O. The van der Waals surface area contributed by atoms with Crippen molar-refractivity contribution in [2.45, 2.75) is 13.0 Å². The molecule has 1 atom stereocenters. The summed E-state index contributed by atoms with van der Waals surface area (Å²) in [6, 6.07) is 5.13. The highest BCUT2D eigenvalue weighted by molar-refractivity contribution is 9.10. The number of nitrogens with one attached hydrogen (secondary N) is 1. The lowest BCUT2D eigenvalue weighted by molar-refractivity contribution is 0.0698. The molecule has 0 radical (unpaired) electrons. The molecule has 0 spiro atoms. The zero-order chi connectivity index (χ0) is 11.4. The van der Waals surface area contributed by atoms with E-state index < -0.39 is 5.97 Å². The Balaban J connectivity index is 3.05. The molecule has 0 saturated heterocycles. The van der Waals surface area contributed by atoms with E-state index in [4.69, 9.17) is 5.11 Å². The van der Waals surface area contributed by atoms with Crippen molar-refractivity contribution < 1.29 is 9.90 Å². The van der Waals surface area contributed by atoms with E-state index in [1.807, 2.05) is 6.92 Å². The second-order valence-electron chi connectivity index (χ2n) is 3.16. The zero-order valence-corrected chi connectivity index (χ0v) is 9.91. The summed E-state index contributed by atoms with van der Waals surface area (Å²) in [5, 5.41) is 12.0. The molecule has 1 aromatic carbocycles. The maximum absolute atomic E-state index is 11.0. The van der Waals surface area contributed by atoms with Crippen LogP contribution in [0.2, 0.25) is 0 Å². The van der Waals surface area contributed by atoms with Gasteiger partial charge in [0.05, 0.1) is 5.56 Å². The highest BCUT2D eigenvalue weighted by Gasteiger charge is 2.11. The Morgan fingerprint density at radius 1 is 1.67 bits per heavy atom. The number of carbonyl (C=O) groups is 1. The number of hydrogen-bond acceptors (Lipinski definition) is 2. The fraction of sp³-hybridized carbons (Fsp3) is 0.182. The molecule has 0 aliphatic rings. The first kappa shape index (κ1) is 11.8.